The number of anilines is 1. The lowest BCUT2D eigenvalue weighted by atomic mass is 10.2. The molecule has 0 aliphatic carbocycles. The monoisotopic (exact) mass is 323 g/mol. The second-order valence-corrected chi connectivity index (χ2v) is 5.78. The Hall–Kier alpha value is -2.82. The molecule has 0 saturated heterocycles. The maximum atomic E-state index is 12.5. The van der Waals surface area contributed by atoms with Gasteiger partial charge in [-0.3, -0.25) is 13.9 Å². The van der Waals surface area contributed by atoms with Gasteiger partial charge in [-0.15, -0.1) is 0 Å². The van der Waals surface area contributed by atoms with E-state index in [0.29, 0.717) is 13.1 Å². The van der Waals surface area contributed by atoms with Crippen LogP contribution in [0.25, 0.3) is 11.0 Å². The highest BCUT2D eigenvalue weighted by molar-refractivity contribution is 5.91. The first-order valence-electron chi connectivity index (χ1n) is 8.15. The summed E-state index contributed by atoms with van der Waals surface area (Å²) in [5.74, 6) is -0.0930. The summed E-state index contributed by atoms with van der Waals surface area (Å²) in [6.07, 6.45) is 0.256. The van der Waals surface area contributed by atoms with Crippen molar-refractivity contribution in [3.63, 3.8) is 0 Å². The number of nitrogens with one attached hydrogen (secondary N) is 1. The van der Waals surface area contributed by atoms with E-state index in [1.807, 2.05) is 62.4 Å². The molecule has 5 nitrogen and oxygen atoms in total. The number of imidazole rings is 1. The molecule has 1 aromatic heterocycles. The van der Waals surface area contributed by atoms with Crippen LogP contribution in [0.1, 0.15) is 18.9 Å². The lowest BCUT2D eigenvalue weighted by molar-refractivity contribution is -0.116. The van der Waals surface area contributed by atoms with Gasteiger partial charge in [0.1, 0.15) is 0 Å². The summed E-state index contributed by atoms with van der Waals surface area (Å²) in [6, 6.07) is 15.3. The summed E-state index contributed by atoms with van der Waals surface area (Å²) in [7, 11) is 0. The second kappa shape index (κ2) is 6.74. The first kappa shape index (κ1) is 16.1. The number of aromatic nitrogens is 2. The van der Waals surface area contributed by atoms with Crippen molar-refractivity contribution in [3.8, 4) is 0 Å². The van der Waals surface area contributed by atoms with Crippen molar-refractivity contribution in [3.05, 3.63) is 64.6 Å². The van der Waals surface area contributed by atoms with Crippen molar-refractivity contribution in [1.82, 2.24) is 9.13 Å². The predicted molar refractivity (Wildman–Crippen MR) is 96.3 cm³/mol. The third kappa shape index (κ3) is 2.97. The Morgan fingerprint density at radius 2 is 1.62 bits per heavy atom. The van der Waals surface area contributed by atoms with E-state index in [1.54, 1.807) is 9.13 Å². The molecular weight excluding hydrogens is 302 g/mol. The Kier molecular flexibility index (Phi) is 4.51. The first-order valence-corrected chi connectivity index (χ1v) is 8.15. The fourth-order valence-electron chi connectivity index (χ4n) is 2.93. The number of hydrogen-bond donors (Lipinski definition) is 1. The summed E-state index contributed by atoms with van der Waals surface area (Å²) in [6.45, 7) is 4.88. The summed E-state index contributed by atoms with van der Waals surface area (Å²) in [5, 5.41) is 2.91. The van der Waals surface area contributed by atoms with Gasteiger partial charge in [-0.05, 0) is 37.6 Å². The molecular formula is C19H21N3O2. The van der Waals surface area contributed by atoms with Crippen LogP contribution < -0.4 is 11.0 Å². The Morgan fingerprint density at radius 3 is 2.29 bits per heavy atom. The molecule has 0 saturated carbocycles. The van der Waals surface area contributed by atoms with Crippen molar-refractivity contribution >= 4 is 22.6 Å². The van der Waals surface area contributed by atoms with Crippen LogP contribution in [0.2, 0.25) is 0 Å². The Labute approximate surface area is 140 Å². The second-order valence-electron chi connectivity index (χ2n) is 5.78. The van der Waals surface area contributed by atoms with Crippen LogP contribution in [0.4, 0.5) is 5.69 Å². The van der Waals surface area contributed by atoms with Crippen LogP contribution in [-0.4, -0.2) is 15.0 Å². The Morgan fingerprint density at radius 1 is 1.00 bits per heavy atom. The van der Waals surface area contributed by atoms with Gasteiger partial charge in [-0.2, -0.15) is 0 Å². The zero-order valence-corrected chi connectivity index (χ0v) is 14.0. The van der Waals surface area contributed by atoms with Crippen molar-refractivity contribution in [2.45, 2.75) is 33.4 Å². The minimum Gasteiger partial charge on any atom is -0.326 e. The predicted octanol–water partition coefficient (Wildman–Crippen LogP) is 3.16. The molecule has 2 aromatic carbocycles. The van der Waals surface area contributed by atoms with E-state index < -0.39 is 0 Å². The zero-order valence-electron chi connectivity index (χ0n) is 14.0. The largest absolute Gasteiger partial charge is 0.329 e. The van der Waals surface area contributed by atoms with E-state index in [9.17, 15) is 9.59 Å². The van der Waals surface area contributed by atoms with E-state index >= 15 is 0 Å². The Balaban J connectivity index is 1.79. The smallest absolute Gasteiger partial charge is 0.326 e. The van der Waals surface area contributed by atoms with Gasteiger partial charge in [0.2, 0.25) is 5.91 Å². The number of fused-ring (bicyclic) bond motifs is 1. The molecule has 0 unspecified atom stereocenters. The van der Waals surface area contributed by atoms with E-state index in [0.717, 1.165) is 22.3 Å². The highest BCUT2D eigenvalue weighted by Crippen LogP contribution is 2.15. The quantitative estimate of drug-likeness (QED) is 0.784. The number of rotatable bonds is 5. The van der Waals surface area contributed by atoms with Crippen molar-refractivity contribution in [2.75, 3.05) is 5.32 Å². The maximum absolute atomic E-state index is 12.5. The molecule has 124 valence electrons. The normalized spacial score (nSPS) is 10.9. The average molecular weight is 323 g/mol. The summed E-state index contributed by atoms with van der Waals surface area (Å²) < 4.78 is 3.41. The number of hydrogen-bond acceptors (Lipinski definition) is 2. The third-order valence-electron chi connectivity index (χ3n) is 4.22. The van der Waals surface area contributed by atoms with Crippen LogP contribution in [0.15, 0.2) is 53.3 Å². The highest BCUT2D eigenvalue weighted by atomic mass is 16.2. The minimum atomic E-state index is -0.0930. The molecule has 3 rings (SSSR count). The van der Waals surface area contributed by atoms with E-state index in [4.69, 9.17) is 0 Å². The van der Waals surface area contributed by atoms with Crippen molar-refractivity contribution in [2.24, 2.45) is 0 Å². The summed E-state index contributed by atoms with van der Waals surface area (Å²) in [5.41, 5.74) is 3.54. The van der Waals surface area contributed by atoms with E-state index in [1.165, 1.54) is 0 Å². The number of carbonyl (C=O) groups excluding carboxylic acids is 1. The van der Waals surface area contributed by atoms with Gasteiger partial charge >= 0.3 is 5.69 Å². The topological polar surface area (TPSA) is 56.0 Å². The summed E-state index contributed by atoms with van der Waals surface area (Å²) >= 11 is 0. The zero-order chi connectivity index (χ0) is 17.1. The molecule has 0 aliphatic heterocycles. The van der Waals surface area contributed by atoms with Crippen LogP contribution in [-0.2, 0) is 17.9 Å². The average Bonchev–Trinajstić information content (AvgIpc) is 2.86. The molecule has 1 amide bonds. The number of para-hydroxylation sites is 3. The third-order valence-corrected chi connectivity index (χ3v) is 4.22. The van der Waals surface area contributed by atoms with Gasteiger partial charge in [0.15, 0.2) is 0 Å². The van der Waals surface area contributed by atoms with Crippen LogP contribution in [0.5, 0.6) is 0 Å². The number of benzene rings is 2. The molecule has 1 heterocycles. The van der Waals surface area contributed by atoms with Crippen LogP contribution in [0.3, 0.4) is 0 Å². The Bertz CT molecular complexity index is 937. The van der Waals surface area contributed by atoms with Crippen LogP contribution in [0, 0.1) is 6.92 Å². The van der Waals surface area contributed by atoms with E-state index in [-0.39, 0.29) is 18.0 Å². The molecule has 0 fully saturated rings. The minimum absolute atomic E-state index is 0.0672. The molecule has 24 heavy (non-hydrogen) atoms. The van der Waals surface area contributed by atoms with Gasteiger partial charge in [0.05, 0.1) is 11.0 Å². The van der Waals surface area contributed by atoms with Gasteiger partial charge in [-0.1, -0.05) is 30.3 Å². The first-order chi connectivity index (χ1) is 11.6. The molecule has 0 aliphatic rings. The molecule has 0 radical (unpaired) electrons. The number of carbonyl (C=O) groups is 1. The number of nitrogens with zero attached hydrogens (tertiary/aromatic N) is 2. The van der Waals surface area contributed by atoms with Gasteiger partial charge < -0.3 is 5.32 Å². The lowest BCUT2D eigenvalue weighted by Crippen LogP contribution is -2.25. The molecule has 5 heteroatoms. The maximum Gasteiger partial charge on any atom is 0.329 e. The molecule has 1 N–H and O–H groups in total. The van der Waals surface area contributed by atoms with Gasteiger partial charge in [0.25, 0.3) is 0 Å². The fraction of sp³-hybridized carbons (Fsp3) is 0.263. The summed E-state index contributed by atoms with van der Waals surface area (Å²) in [4.78, 5) is 24.8. The number of amides is 1. The standard InChI is InChI=1S/C19H21N3O2/c1-3-21-16-10-6-7-11-17(16)22(19(21)24)13-12-18(23)20-15-9-5-4-8-14(15)2/h4-11H,3,12-13H2,1-2H3,(H,20,23). The fourth-order valence-corrected chi connectivity index (χ4v) is 2.93. The highest BCUT2D eigenvalue weighted by Gasteiger charge is 2.13. The van der Waals surface area contributed by atoms with Gasteiger partial charge in [0, 0.05) is 25.2 Å². The van der Waals surface area contributed by atoms with Crippen molar-refractivity contribution < 1.29 is 4.79 Å². The molecule has 0 spiro atoms. The lowest BCUT2D eigenvalue weighted by Gasteiger charge is -2.08. The molecule has 0 bridgehead atoms. The van der Waals surface area contributed by atoms with E-state index in [2.05, 4.69) is 5.32 Å². The molecule has 0 atom stereocenters. The molecule has 3 aromatic rings. The van der Waals surface area contributed by atoms with Crippen LogP contribution >= 0.6 is 0 Å². The van der Waals surface area contributed by atoms with Gasteiger partial charge in [-0.25, -0.2) is 4.79 Å². The SMILES string of the molecule is CCn1c(=O)n(CCC(=O)Nc2ccccc2C)c2ccccc21. The van der Waals surface area contributed by atoms with Crippen molar-refractivity contribution in [1.29, 1.82) is 0 Å². The number of aryl methyl sites for hydroxylation is 3.